The summed E-state index contributed by atoms with van der Waals surface area (Å²) in [7, 11) is 0. The van der Waals surface area contributed by atoms with Crippen molar-refractivity contribution < 1.29 is 9.18 Å². The van der Waals surface area contributed by atoms with Crippen LogP contribution < -0.4 is 5.32 Å². The molecule has 1 amide bonds. The number of benzene rings is 1. The molecule has 0 aliphatic rings. The monoisotopic (exact) mass is 335 g/mol. The van der Waals surface area contributed by atoms with Crippen molar-refractivity contribution in [2.24, 2.45) is 11.8 Å². The Balaban J connectivity index is 2.77. The molecular weight excluding hydrogens is 320 g/mol. The number of anilines is 1. The molecule has 0 saturated heterocycles. The first kappa shape index (κ1) is 13.4. The Morgan fingerprint density at radius 3 is 2.50 bits per heavy atom. The minimum atomic E-state index is -0.292. The largest absolute Gasteiger partial charge is 0.325 e. The zero-order chi connectivity index (χ0) is 12.3. The van der Waals surface area contributed by atoms with Crippen molar-refractivity contribution in [3.63, 3.8) is 0 Å². The van der Waals surface area contributed by atoms with Gasteiger partial charge in [-0.25, -0.2) is 4.39 Å². The number of hydrogen-bond acceptors (Lipinski definition) is 1. The van der Waals surface area contributed by atoms with E-state index in [1.54, 1.807) is 6.07 Å². The third kappa shape index (κ3) is 3.43. The topological polar surface area (TPSA) is 29.1 Å². The number of amides is 1. The van der Waals surface area contributed by atoms with Gasteiger partial charge in [-0.15, -0.1) is 0 Å². The van der Waals surface area contributed by atoms with Crippen LogP contribution in [0.1, 0.15) is 20.8 Å². The zero-order valence-electron chi connectivity index (χ0n) is 9.55. The molecule has 1 unspecified atom stereocenters. The highest BCUT2D eigenvalue weighted by molar-refractivity contribution is 14.1. The average molecular weight is 335 g/mol. The number of carbonyl (C=O) groups excluding carboxylic acids is 1. The lowest BCUT2D eigenvalue weighted by molar-refractivity contribution is -0.120. The van der Waals surface area contributed by atoms with Gasteiger partial charge in [0.25, 0.3) is 0 Å². The van der Waals surface area contributed by atoms with Gasteiger partial charge >= 0.3 is 0 Å². The highest BCUT2D eigenvalue weighted by atomic mass is 127. The van der Waals surface area contributed by atoms with Crippen LogP contribution in [-0.4, -0.2) is 5.91 Å². The lowest BCUT2D eigenvalue weighted by Crippen LogP contribution is -2.24. The molecule has 16 heavy (non-hydrogen) atoms. The van der Waals surface area contributed by atoms with E-state index >= 15 is 0 Å². The van der Waals surface area contributed by atoms with E-state index in [0.29, 0.717) is 9.26 Å². The molecule has 0 bridgehead atoms. The maximum atomic E-state index is 12.9. The molecule has 1 rings (SSSR count). The zero-order valence-corrected chi connectivity index (χ0v) is 11.7. The summed E-state index contributed by atoms with van der Waals surface area (Å²) in [4.78, 5) is 11.8. The fourth-order valence-electron chi connectivity index (χ4n) is 1.14. The summed E-state index contributed by atoms with van der Waals surface area (Å²) >= 11 is 2.01. The van der Waals surface area contributed by atoms with Gasteiger partial charge < -0.3 is 5.32 Å². The number of halogens is 2. The van der Waals surface area contributed by atoms with Crippen molar-refractivity contribution in [1.29, 1.82) is 0 Å². The summed E-state index contributed by atoms with van der Waals surface area (Å²) < 4.78 is 13.6. The standard InChI is InChI=1S/C12H15FINO/c1-7(2)8(3)12(16)15-11-5-4-9(13)6-10(11)14/h4-8H,1-3H3,(H,15,16). The molecule has 0 aliphatic carbocycles. The van der Waals surface area contributed by atoms with E-state index in [4.69, 9.17) is 0 Å². The molecule has 0 radical (unpaired) electrons. The average Bonchev–Trinajstić information content (AvgIpc) is 2.20. The summed E-state index contributed by atoms with van der Waals surface area (Å²) in [5.41, 5.74) is 0.666. The van der Waals surface area contributed by atoms with Crippen LogP contribution in [-0.2, 0) is 4.79 Å². The third-order valence-corrected chi connectivity index (χ3v) is 3.50. The van der Waals surface area contributed by atoms with Gasteiger partial charge in [-0.05, 0) is 46.7 Å². The smallest absolute Gasteiger partial charge is 0.227 e. The molecule has 1 aromatic rings. The second-order valence-electron chi connectivity index (χ2n) is 4.15. The predicted octanol–water partition coefficient (Wildman–Crippen LogP) is 3.66. The Hall–Kier alpha value is -0.650. The van der Waals surface area contributed by atoms with Crippen molar-refractivity contribution in [2.45, 2.75) is 20.8 Å². The fourth-order valence-corrected chi connectivity index (χ4v) is 1.75. The summed E-state index contributed by atoms with van der Waals surface area (Å²) in [5, 5.41) is 2.81. The number of hydrogen-bond donors (Lipinski definition) is 1. The van der Waals surface area contributed by atoms with Gasteiger partial charge in [-0.2, -0.15) is 0 Å². The molecule has 0 spiro atoms. The third-order valence-electron chi connectivity index (χ3n) is 2.60. The molecule has 88 valence electrons. The Morgan fingerprint density at radius 2 is 2.00 bits per heavy atom. The van der Waals surface area contributed by atoms with Gasteiger partial charge in [-0.1, -0.05) is 20.8 Å². The molecule has 1 aromatic carbocycles. The quantitative estimate of drug-likeness (QED) is 0.840. The summed E-state index contributed by atoms with van der Waals surface area (Å²) in [6.45, 7) is 5.89. The highest BCUT2D eigenvalue weighted by Crippen LogP contribution is 2.21. The van der Waals surface area contributed by atoms with Crippen LogP contribution in [0.25, 0.3) is 0 Å². The molecule has 0 aliphatic heterocycles. The molecule has 2 nitrogen and oxygen atoms in total. The second kappa shape index (κ2) is 5.61. The Kier molecular flexibility index (Phi) is 4.70. The Morgan fingerprint density at radius 1 is 1.38 bits per heavy atom. The van der Waals surface area contributed by atoms with E-state index in [0.717, 1.165) is 0 Å². The molecular formula is C12H15FINO. The van der Waals surface area contributed by atoms with Gasteiger partial charge in [0, 0.05) is 9.49 Å². The maximum Gasteiger partial charge on any atom is 0.227 e. The molecule has 4 heteroatoms. The van der Waals surface area contributed by atoms with E-state index in [9.17, 15) is 9.18 Å². The summed E-state index contributed by atoms with van der Waals surface area (Å²) in [6.07, 6.45) is 0. The van der Waals surface area contributed by atoms with Crippen molar-refractivity contribution in [2.75, 3.05) is 5.32 Å². The number of nitrogens with one attached hydrogen (secondary N) is 1. The van der Waals surface area contributed by atoms with Crippen molar-refractivity contribution in [1.82, 2.24) is 0 Å². The van der Waals surface area contributed by atoms with Crippen molar-refractivity contribution in [3.05, 3.63) is 27.6 Å². The molecule has 0 aromatic heterocycles. The molecule has 0 saturated carbocycles. The van der Waals surface area contributed by atoms with Crippen molar-refractivity contribution in [3.8, 4) is 0 Å². The first-order valence-corrected chi connectivity index (χ1v) is 6.25. The molecule has 1 atom stereocenters. The predicted molar refractivity (Wildman–Crippen MR) is 71.7 cm³/mol. The summed E-state index contributed by atoms with van der Waals surface area (Å²) in [5.74, 6) is -0.0854. The Bertz CT molecular complexity index is 393. The van der Waals surface area contributed by atoms with E-state index < -0.39 is 0 Å². The van der Waals surface area contributed by atoms with Crippen LogP contribution in [0.3, 0.4) is 0 Å². The molecule has 0 fully saturated rings. The first-order chi connectivity index (χ1) is 7.41. The van der Waals surface area contributed by atoms with E-state index in [1.807, 2.05) is 43.4 Å². The van der Waals surface area contributed by atoms with Crippen molar-refractivity contribution >= 4 is 34.2 Å². The molecule has 1 N–H and O–H groups in total. The van der Waals surface area contributed by atoms with Crippen LogP contribution in [0, 0.1) is 21.2 Å². The number of carbonyl (C=O) groups is 1. The lowest BCUT2D eigenvalue weighted by atomic mass is 9.97. The minimum Gasteiger partial charge on any atom is -0.325 e. The number of rotatable bonds is 3. The van der Waals surface area contributed by atoms with Gasteiger partial charge in [0.05, 0.1) is 5.69 Å². The maximum absolute atomic E-state index is 12.9. The second-order valence-corrected chi connectivity index (χ2v) is 5.31. The molecule has 0 heterocycles. The Labute approximate surface area is 109 Å². The van der Waals surface area contributed by atoms with Crippen LogP contribution in [0.2, 0.25) is 0 Å². The van der Waals surface area contributed by atoms with Gasteiger partial charge in [-0.3, -0.25) is 4.79 Å². The van der Waals surface area contributed by atoms with Gasteiger partial charge in [0.15, 0.2) is 0 Å². The fraction of sp³-hybridized carbons (Fsp3) is 0.417. The van der Waals surface area contributed by atoms with Gasteiger partial charge in [0.2, 0.25) is 5.91 Å². The SMILES string of the molecule is CC(C)C(C)C(=O)Nc1ccc(F)cc1I. The van der Waals surface area contributed by atoms with Crippen LogP contribution >= 0.6 is 22.6 Å². The van der Waals surface area contributed by atoms with Gasteiger partial charge in [0.1, 0.15) is 5.82 Å². The highest BCUT2D eigenvalue weighted by Gasteiger charge is 2.17. The van der Waals surface area contributed by atoms with Crippen LogP contribution in [0.5, 0.6) is 0 Å². The van der Waals surface area contributed by atoms with Crippen LogP contribution in [0.15, 0.2) is 18.2 Å². The van der Waals surface area contributed by atoms with E-state index in [1.165, 1.54) is 12.1 Å². The van der Waals surface area contributed by atoms with Crippen LogP contribution in [0.4, 0.5) is 10.1 Å². The van der Waals surface area contributed by atoms with E-state index in [2.05, 4.69) is 5.32 Å². The normalized spacial score (nSPS) is 12.6. The first-order valence-electron chi connectivity index (χ1n) is 5.17. The lowest BCUT2D eigenvalue weighted by Gasteiger charge is -2.16. The summed E-state index contributed by atoms with van der Waals surface area (Å²) in [6, 6.07) is 4.33. The van der Waals surface area contributed by atoms with E-state index in [-0.39, 0.29) is 23.6 Å². The minimum absolute atomic E-state index is 0.0282.